The molecule has 25 heavy (non-hydrogen) atoms. The predicted octanol–water partition coefficient (Wildman–Crippen LogP) is 7.38. The maximum Gasteiger partial charge on any atom is 0.0448 e. The Morgan fingerprint density at radius 1 is 0.800 bits per heavy atom. The summed E-state index contributed by atoms with van der Waals surface area (Å²) in [6.07, 6.45) is 4.73. The molecule has 0 aliphatic heterocycles. The predicted molar refractivity (Wildman–Crippen MR) is 112 cm³/mol. The fourth-order valence-electron chi connectivity index (χ4n) is 4.08. The van der Waals surface area contributed by atoms with E-state index < -0.39 is 0 Å². The Kier molecular flexibility index (Phi) is 6.32. The van der Waals surface area contributed by atoms with Gasteiger partial charge >= 0.3 is 0 Å². The number of rotatable bonds is 7. The van der Waals surface area contributed by atoms with Crippen molar-refractivity contribution in [3.05, 3.63) is 60.2 Å². The minimum absolute atomic E-state index is 0.0297. The van der Waals surface area contributed by atoms with Crippen molar-refractivity contribution in [1.29, 1.82) is 0 Å². The van der Waals surface area contributed by atoms with Crippen molar-refractivity contribution < 1.29 is 0 Å². The van der Waals surface area contributed by atoms with E-state index in [4.69, 9.17) is 0 Å². The number of para-hydroxylation sites is 2. The molecule has 0 aliphatic rings. The lowest BCUT2D eigenvalue weighted by Crippen LogP contribution is -2.44. The second-order valence-corrected chi connectivity index (χ2v) is 8.95. The van der Waals surface area contributed by atoms with Crippen LogP contribution in [0.25, 0.3) is 0 Å². The quantitative estimate of drug-likeness (QED) is 0.509. The molecule has 0 aliphatic carbocycles. The molecular weight excluding hydrogens is 302 g/mol. The molecule has 1 heteroatoms. The lowest BCUT2D eigenvalue weighted by molar-refractivity contribution is 0.284. The van der Waals surface area contributed by atoms with Crippen LogP contribution in [0.5, 0.6) is 0 Å². The Morgan fingerprint density at radius 2 is 1.40 bits per heavy atom. The van der Waals surface area contributed by atoms with Gasteiger partial charge in [-0.2, -0.15) is 0 Å². The van der Waals surface area contributed by atoms with Gasteiger partial charge in [0.25, 0.3) is 0 Å². The molecule has 2 aromatic carbocycles. The molecule has 0 atom stereocenters. The Balaban J connectivity index is 2.54. The maximum absolute atomic E-state index is 2.56. The van der Waals surface area contributed by atoms with Gasteiger partial charge in [-0.15, -0.1) is 0 Å². The monoisotopic (exact) mass is 337 g/mol. The molecule has 0 N–H and O–H groups in total. The van der Waals surface area contributed by atoms with Gasteiger partial charge in [0, 0.05) is 16.9 Å². The van der Waals surface area contributed by atoms with Crippen LogP contribution in [0.3, 0.4) is 0 Å². The summed E-state index contributed by atoms with van der Waals surface area (Å²) in [5.41, 5.74) is 4.39. The van der Waals surface area contributed by atoms with E-state index in [1.807, 2.05) is 0 Å². The molecule has 0 aromatic heterocycles. The van der Waals surface area contributed by atoms with Gasteiger partial charge < -0.3 is 4.90 Å². The standard InChI is InChI=1S/C24H35N/c1-7-8-14-20-15-12-13-18-22(20)25(21-16-10-9-11-17-21)24(5,6)19-23(2,3)4/h9-13,15-18H,7-8,14,19H2,1-6H3. The number of anilines is 2. The molecule has 0 fully saturated rings. The lowest BCUT2D eigenvalue weighted by atomic mass is 9.80. The topological polar surface area (TPSA) is 3.24 Å². The molecule has 0 saturated carbocycles. The third-order valence-electron chi connectivity index (χ3n) is 4.61. The SMILES string of the molecule is CCCCc1ccccc1N(c1ccccc1)C(C)(C)CC(C)(C)C. The summed E-state index contributed by atoms with van der Waals surface area (Å²) in [4.78, 5) is 2.56. The zero-order valence-electron chi connectivity index (χ0n) is 17.0. The number of nitrogens with zero attached hydrogens (tertiary/aromatic N) is 1. The summed E-state index contributed by atoms with van der Waals surface area (Å²) in [7, 11) is 0. The van der Waals surface area contributed by atoms with Crippen LogP contribution in [0.1, 0.15) is 66.4 Å². The summed E-state index contributed by atoms with van der Waals surface area (Å²) in [5, 5.41) is 0. The van der Waals surface area contributed by atoms with E-state index in [-0.39, 0.29) is 11.0 Å². The van der Waals surface area contributed by atoms with E-state index >= 15 is 0 Å². The Morgan fingerprint density at radius 3 is 2.00 bits per heavy atom. The largest absolute Gasteiger partial charge is 0.336 e. The summed E-state index contributed by atoms with van der Waals surface area (Å²) >= 11 is 0. The molecule has 0 unspecified atom stereocenters. The number of unbranched alkanes of at least 4 members (excludes halogenated alkanes) is 1. The Labute approximate surface area is 155 Å². The average molecular weight is 338 g/mol. The van der Waals surface area contributed by atoms with E-state index in [9.17, 15) is 0 Å². The first-order valence-corrected chi connectivity index (χ1v) is 9.68. The zero-order chi connectivity index (χ0) is 18.5. The first kappa shape index (κ1) is 19.6. The minimum atomic E-state index is 0.0297. The summed E-state index contributed by atoms with van der Waals surface area (Å²) in [6, 6.07) is 19.8. The van der Waals surface area contributed by atoms with Gasteiger partial charge in [-0.1, -0.05) is 70.5 Å². The van der Waals surface area contributed by atoms with Crippen LogP contribution in [0.15, 0.2) is 54.6 Å². The minimum Gasteiger partial charge on any atom is -0.336 e. The van der Waals surface area contributed by atoms with E-state index in [0.29, 0.717) is 0 Å². The average Bonchev–Trinajstić information content (AvgIpc) is 2.52. The van der Waals surface area contributed by atoms with Gasteiger partial charge in [0.1, 0.15) is 0 Å². The van der Waals surface area contributed by atoms with Crippen molar-refractivity contribution in [2.45, 2.75) is 72.8 Å². The highest BCUT2D eigenvalue weighted by Gasteiger charge is 2.33. The molecule has 0 amide bonds. The van der Waals surface area contributed by atoms with Crippen molar-refractivity contribution in [2.75, 3.05) is 4.90 Å². The second kappa shape index (κ2) is 8.08. The third kappa shape index (κ3) is 5.36. The van der Waals surface area contributed by atoms with Crippen LogP contribution in [-0.4, -0.2) is 5.54 Å². The lowest BCUT2D eigenvalue weighted by Gasteiger charge is -2.44. The molecule has 1 nitrogen and oxygen atoms in total. The van der Waals surface area contributed by atoms with E-state index in [1.54, 1.807) is 0 Å². The smallest absolute Gasteiger partial charge is 0.0448 e. The van der Waals surface area contributed by atoms with Crippen molar-refractivity contribution in [2.24, 2.45) is 5.41 Å². The van der Waals surface area contributed by atoms with Crippen molar-refractivity contribution in [3.63, 3.8) is 0 Å². The third-order valence-corrected chi connectivity index (χ3v) is 4.61. The van der Waals surface area contributed by atoms with E-state index in [1.165, 1.54) is 29.8 Å². The normalized spacial score (nSPS) is 12.2. The fraction of sp³-hybridized carbons (Fsp3) is 0.500. The first-order chi connectivity index (χ1) is 11.7. The maximum atomic E-state index is 2.56. The number of benzene rings is 2. The second-order valence-electron chi connectivity index (χ2n) is 8.95. The molecule has 2 rings (SSSR count). The molecule has 2 aromatic rings. The molecule has 0 bridgehead atoms. The highest BCUT2D eigenvalue weighted by atomic mass is 15.2. The summed E-state index contributed by atoms with van der Waals surface area (Å²) in [5.74, 6) is 0. The van der Waals surface area contributed by atoms with Crippen molar-refractivity contribution in [3.8, 4) is 0 Å². The van der Waals surface area contributed by atoms with Crippen LogP contribution < -0.4 is 4.90 Å². The van der Waals surface area contributed by atoms with Crippen LogP contribution in [-0.2, 0) is 6.42 Å². The number of aryl methyl sites for hydroxylation is 1. The zero-order valence-corrected chi connectivity index (χ0v) is 17.0. The van der Waals surface area contributed by atoms with Crippen LogP contribution >= 0.6 is 0 Å². The Hall–Kier alpha value is -1.76. The summed E-state index contributed by atoms with van der Waals surface area (Å²) in [6.45, 7) is 14.0. The van der Waals surface area contributed by atoms with Crippen molar-refractivity contribution in [1.82, 2.24) is 0 Å². The Bertz CT molecular complexity index is 649. The molecule has 0 spiro atoms. The first-order valence-electron chi connectivity index (χ1n) is 9.68. The number of hydrogen-bond acceptors (Lipinski definition) is 1. The van der Waals surface area contributed by atoms with Crippen molar-refractivity contribution >= 4 is 11.4 Å². The highest BCUT2D eigenvalue weighted by Crippen LogP contribution is 2.41. The van der Waals surface area contributed by atoms with Crippen LogP contribution in [0.4, 0.5) is 11.4 Å². The van der Waals surface area contributed by atoms with Gasteiger partial charge in [0.2, 0.25) is 0 Å². The number of hydrogen-bond donors (Lipinski definition) is 0. The van der Waals surface area contributed by atoms with E-state index in [2.05, 4.69) is 101 Å². The molecule has 0 heterocycles. The molecule has 0 radical (unpaired) electrons. The summed E-state index contributed by atoms with van der Waals surface area (Å²) < 4.78 is 0. The molecule has 136 valence electrons. The van der Waals surface area contributed by atoms with Gasteiger partial charge in [-0.3, -0.25) is 0 Å². The van der Waals surface area contributed by atoms with Crippen LogP contribution in [0.2, 0.25) is 0 Å². The van der Waals surface area contributed by atoms with E-state index in [0.717, 1.165) is 12.8 Å². The van der Waals surface area contributed by atoms with Gasteiger partial charge in [-0.05, 0) is 62.3 Å². The molecular formula is C24H35N. The van der Waals surface area contributed by atoms with Gasteiger partial charge in [0.15, 0.2) is 0 Å². The van der Waals surface area contributed by atoms with Gasteiger partial charge in [-0.25, -0.2) is 0 Å². The highest BCUT2D eigenvalue weighted by molar-refractivity contribution is 5.68. The fourth-order valence-corrected chi connectivity index (χ4v) is 4.08. The van der Waals surface area contributed by atoms with Crippen LogP contribution in [0, 0.1) is 5.41 Å². The molecule has 0 saturated heterocycles. The van der Waals surface area contributed by atoms with Gasteiger partial charge in [0.05, 0.1) is 0 Å².